The van der Waals surface area contributed by atoms with Crippen molar-refractivity contribution in [1.82, 2.24) is 14.5 Å². The predicted octanol–water partition coefficient (Wildman–Crippen LogP) is 3.30. The summed E-state index contributed by atoms with van der Waals surface area (Å²) in [5.41, 5.74) is 4.30. The zero-order valence-corrected chi connectivity index (χ0v) is 10.1. The van der Waals surface area contributed by atoms with E-state index in [1.807, 2.05) is 19.3 Å². The van der Waals surface area contributed by atoms with Crippen molar-refractivity contribution in [3.63, 3.8) is 0 Å². The number of imidazole rings is 1. The molecule has 0 saturated carbocycles. The highest BCUT2D eigenvalue weighted by molar-refractivity contribution is 6.03. The molecule has 17 heavy (non-hydrogen) atoms. The summed E-state index contributed by atoms with van der Waals surface area (Å²) >= 11 is 0. The molecule has 0 aliphatic carbocycles. The highest BCUT2D eigenvalue weighted by Crippen LogP contribution is 2.25. The van der Waals surface area contributed by atoms with Gasteiger partial charge in [-0.2, -0.15) is 0 Å². The van der Waals surface area contributed by atoms with E-state index in [2.05, 4.69) is 39.7 Å². The quantitative estimate of drug-likeness (QED) is 0.670. The number of benzene rings is 1. The Kier molecular flexibility index (Phi) is 2.32. The average Bonchev–Trinajstić information content (AvgIpc) is 2.75. The van der Waals surface area contributed by atoms with E-state index in [0.29, 0.717) is 0 Å². The van der Waals surface area contributed by atoms with Crippen LogP contribution < -0.4 is 0 Å². The summed E-state index contributed by atoms with van der Waals surface area (Å²) in [6.45, 7) is 5.21. The molecule has 0 aliphatic rings. The van der Waals surface area contributed by atoms with Crippen LogP contribution >= 0.6 is 0 Å². The third-order valence-electron chi connectivity index (χ3n) is 3.09. The number of fused-ring (bicyclic) bond motifs is 3. The van der Waals surface area contributed by atoms with Crippen LogP contribution in [0.3, 0.4) is 0 Å². The molecule has 2 aromatic heterocycles. The number of aromatic nitrogens is 3. The molecule has 0 saturated heterocycles. The average molecular weight is 225 g/mol. The molecule has 0 bridgehead atoms. The molecule has 1 aromatic carbocycles. The molecular weight excluding hydrogens is 210 g/mol. The molecule has 3 aromatic rings. The van der Waals surface area contributed by atoms with Gasteiger partial charge in [-0.15, -0.1) is 0 Å². The third-order valence-corrected chi connectivity index (χ3v) is 3.09. The molecule has 0 unspecified atom stereocenters. The van der Waals surface area contributed by atoms with E-state index >= 15 is 0 Å². The Morgan fingerprint density at radius 3 is 2.88 bits per heavy atom. The van der Waals surface area contributed by atoms with Gasteiger partial charge >= 0.3 is 0 Å². The van der Waals surface area contributed by atoms with Gasteiger partial charge in [-0.3, -0.25) is 4.98 Å². The minimum Gasteiger partial charge on any atom is -0.330 e. The number of aryl methyl sites for hydroxylation is 2. The Hall–Kier alpha value is -1.90. The maximum atomic E-state index is 4.60. The molecule has 0 N–H and O–H groups in total. The molecular formula is C14H15N3. The molecule has 0 spiro atoms. The van der Waals surface area contributed by atoms with Gasteiger partial charge in [-0.25, -0.2) is 4.98 Å². The Morgan fingerprint density at radius 1 is 1.24 bits per heavy atom. The summed E-state index contributed by atoms with van der Waals surface area (Å²) in [4.78, 5) is 9.09. The normalized spacial score (nSPS) is 11.4. The zero-order chi connectivity index (χ0) is 11.8. The first-order valence-electron chi connectivity index (χ1n) is 6.01. The second kappa shape index (κ2) is 3.84. The van der Waals surface area contributed by atoms with Crippen molar-refractivity contribution in [3.05, 3.63) is 36.3 Å². The van der Waals surface area contributed by atoms with E-state index < -0.39 is 0 Å². The first-order chi connectivity index (χ1) is 8.31. The molecule has 0 fully saturated rings. The van der Waals surface area contributed by atoms with Crippen LogP contribution in [0.1, 0.15) is 19.0 Å². The highest BCUT2D eigenvalue weighted by atomic mass is 15.0. The first kappa shape index (κ1) is 10.3. The molecule has 0 atom stereocenters. The van der Waals surface area contributed by atoms with Crippen LogP contribution in [-0.4, -0.2) is 14.5 Å². The van der Waals surface area contributed by atoms with Gasteiger partial charge in [0, 0.05) is 11.9 Å². The molecule has 3 heteroatoms. The van der Waals surface area contributed by atoms with Crippen molar-refractivity contribution in [2.45, 2.75) is 26.8 Å². The highest BCUT2D eigenvalue weighted by Gasteiger charge is 2.10. The van der Waals surface area contributed by atoms with Crippen LogP contribution in [0.2, 0.25) is 0 Å². The van der Waals surface area contributed by atoms with Crippen LogP contribution in [0.4, 0.5) is 0 Å². The number of para-hydroxylation sites is 1. The summed E-state index contributed by atoms with van der Waals surface area (Å²) in [5, 5.41) is 1.19. The molecule has 2 heterocycles. The number of hydrogen-bond acceptors (Lipinski definition) is 2. The van der Waals surface area contributed by atoms with Gasteiger partial charge in [0.25, 0.3) is 0 Å². The minimum absolute atomic E-state index is 1.00. The minimum atomic E-state index is 1.00. The van der Waals surface area contributed by atoms with E-state index in [1.54, 1.807) is 0 Å². The maximum Gasteiger partial charge on any atom is 0.110 e. The van der Waals surface area contributed by atoms with Crippen LogP contribution in [0.15, 0.2) is 30.6 Å². The van der Waals surface area contributed by atoms with Gasteiger partial charge in [-0.05, 0) is 19.4 Å². The second-order valence-corrected chi connectivity index (χ2v) is 4.35. The van der Waals surface area contributed by atoms with Gasteiger partial charge in [0.1, 0.15) is 5.52 Å². The number of hydrogen-bond donors (Lipinski definition) is 0. The fraction of sp³-hybridized carbons (Fsp3) is 0.286. The molecule has 0 aliphatic heterocycles. The van der Waals surface area contributed by atoms with E-state index in [4.69, 9.17) is 0 Å². The van der Waals surface area contributed by atoms with E-state index in [-0.39, 0.29) is 0 Å². The lowest BCUT2D eigenvalue weighted by Gasteiger charge is -2.06. The molecule has 3 rings (SSSR count). The van der Waals surface area contributed by atoms with Gasteiger partial charge in [-0.1, -0.05) is 25.1 Å². The van der Waals surface area contributed by atoms with Crippen molar-refractivity contribution in [2.24, 2.45) is 0 Å². The largest absolute Gasteiger partial charge is 0.330 e. The lowest BCUT2D eigenvalue weighted by atomic mass is 10.1. The van der Waals surface area contributed by atoms with Crippen molar-refractivity contribution in [1.29, 1.82) is 0 Å². The van der Waals surface area contributed by atoms with Gasteiger partial charge < -0.3 is 4.57 Å². The summed E-state index contributed by atoms with van der Waals surface area (Å²) in [5.74, 6) is 0. The Bertz CT molecular complexity index is 682. The van der Waals surface area contributed by atoms with Crippen LogP contribution in [0, 0.1) is 6.92 Å². The SMILES string of the molecule is CCCn1cnc2c(C)nc3ccccc3c21. The number of rotatable bonds is 2. The maximum absolute atomic E-state index is 4.60. The van der Waals surface area contributed by atoms with E-state index in [1.165, 1.54) is 10.9 Å². The lowest BCUT2D eigenvalue weighted by Crippen LogP contribution is -1.96. The smallest absolute Gasteiger partial charge is 0.110 e. The fourth-order valence-corrected chi connectivity index (χ4v) is 2.34. The monoisotopic (exact) mass is 225 g/mol. The van der Waals surface area contributed by atoms with Crippen LogP contribution in [0.25, 0.3) is 21.9 Å². The second-order valence-electron chi connectivity index (χ2n) is 4.35. The van der Waals surface area contributed by atoms with Gasteiger partial charge in [0.2, 0.25) is 0 Å². The van der Waals surface area contributed by atoms with Crippen molar-refractivity contribution >= 4 is 21.9 Å². The Balaban J connectivity index is 2.47. The van der Waals surface area contributed by atoms with Crippen LogP contribution in [-0.2, 0) is 6.54 Å². The molecule has 3 nitrogen and oxygen atoms in total. The lowest BCUT2D eigenvalue weighted by molar-refractivity contribution is 0.698. The van der Waals surface area contributed by atoms with Crippen molar-refractivity contribution in [2.75, 3.05) is 0 Å². The first-order valence-corrected chi connectivity index (χ1v) is 6.01. The van der Waals surface area contributed by atoms with Crippen molar-refractivity contribution < 1.29 is 0 Å². The van der Waals surface area contributed by atoms with Crippen molar-refractivity contribution in [3.8, 4) is 0 Å². The van der Waals surface area contributed by atoms with E-state index in [0.717, 1.165) is 29.7 Å². The summed E-state index contributed by atoms with van der Waals surface area (Å²) in [6.07, 6.45) is 3.04. The van der Waals surface area contributed by atoms with Crippen LogP contribution in [0.5, 0.6) is 0 Å². The number of nitrogens with zero attached hydrogens (tertiary/aromatic N) is 3. The predicted molar refractivity (Wildman–Crippen MR) is 70.1 cm³/mol. The molecule has 0 amide bonds. The zero-order valence-electron chi connectivity index (χ0n) is 10.1. The molecule has 86 valence electrons. The Morgan fingerprint density at radius 2 is 2.06 bits per heavy atom. The van der Waals surface area contributed by atoms with Gasteiger partial charge in [0.05, 0.1) is 23.1 Å². The molecule has 0 radical (unpaired) electrons. The summed E-state index contributed by atoms with van der Waals surface area (Å²) in [7, 11) is 0. The van der Waals surface area contributed by atoms with Gasteiger partial charge in [0.15, 0.2) is 0 Å². The standard InChI is InChI=1S/C14H15N3/c1-3-8-17-9-15-13-10(2)16-12-7-5-4-6-11(12)14(13)17/h4-7,9H,3,8H2,1-2H3. The Labute approximate surface area is 100 Å². The topological polar surface area (TPSA) is 30.7 Å². The third kappa shape index (κ3) is 1.50. The fourth-order valence-electron chi connectivity index (χ4n) is 2.34. The summed E-state index contributed by atoms with van der Waals surface area (Å²) < 4.78 is 2.23. The number of pyridine rings is 1. The van der Waals surface area contributed by atoms with E-state index in [9.17, 15) is 0 Å². The summed E-state index contributed by atoms with van der Waals surface area (Å²) in [6, 6.07) is 8.27.